The van der Waals surface area contributed by atoms with Gasteiger partial charge in [-0.15, -0.1) is 11.3 Å². The average molecular weight is 975 g/mol. The fraction of sp³-hybridized carbons (Fsp3) is 0.188. The van der Waals surface area contributed by atoms with Crippen LogP contribution in [0.25, 0.3) is 64.8 Å². The molecule has 0 aliphatic heterocycles. The Balaban J connectivity index is 0.930. The second-order valence-electron chi connectivity index (χ2n) is 23.0. The maximum atomic E-state index is 6.74. The molecule has 2 aliphatic carbocycles. The molecule has 0 bridgehead atoms. The normalized spacial score (nSPS) is 14.6. The minimum Gasteiger partial charge on any atom is -0.454 e. The van der Waals surface area contributed by atoms with Gasteiger partial charge in [0.25, 0.3) is 0 Å². The van der Waals surface area contributed by atoms with Crippen LogP contribution in [0.3, 0.4) is 0 Å². The Bertz CT molecular complexity index is 3710. The smallest absolute Gasteiger partial charge is 0.159 e. The van der Waals surface area contributed by atoms with Gasteiger partial charge in [0, 0.05) is 64.9 Å². The van der Waals surface area contributed by atoms with Crippen molar-refractivity contribution in [1.29, 1.82) is 0 Å². The molecular weight excluding hydrogens is 917 g/mol. The summed E-state index contributed by atoms with van der Waals surface area (Å²) >= 11 is 1.98. The van der Waals surface area contributed by atoms with Crippen LogP contribution < -0.4 is 20.2 Å². The molecule has 0 atom stereocenters. The molecule has 2 aliphatic rings. The van der Waals surface area contributed by atoms with Crippen molar-refractivity contribution in [3.05, 3.63) is 192 Å². The number of anilines is 6. The molecule has 350 valence electrons. The Morgan fingerprint density at radius 1 is 0.394 bits per heavy atom. The second kappa shape index (κ2) is 15.3. The molecule has 8 aromatic carbocycles. The standard InChI is InChI=1S/C64H58N2O2SSi2/c1-63(2)51-37-41(65(39-25-31-43(32-26-39)70(5,6)7)53-21-15-19-47-45-17-11-13-23-55(45)67-59(47)53)29-35-49(51)61-57(63)58-62(69-61)50-36-30-42(38-52(50)64(58,3)4)66(40-27-33-44(34-28-40)71(8,9)10)54-22-16-20-48-46-18-12-14-24-56(46)68-60(48)54/h11-38H,1-10H3. The number of hydrogen-bond donors (Lipinski definition) is 0. The Morgan fingerprint density at radius 3 is 1.15 bits per heavy atom. The third-order valence-electron chi connectivity index (χ3n) is 15.7. The molecule has 11 aromatic rings. The van der Waals surface area contributed by atoms with E-state index in [1.165, 1.54) is 53.5 Å². The summed E-state index contributed by atoms with van der Waals surface area (Å²) in [6.45, 7) is 24.3. The summed E-state index contributed by atoms with van der Waals surface area (Å²) in [5.74, 6) is 0. The number of thiophene rings is 1. The molecule has 0 N–H and O–H groups in total. The summed E-state index contributed by atoms with van der Waals surface area (Å²) < 4.78 is 13.5. The van der Waals surface area contributed by atoms with E-state index in [2.05, 4.69) is 247 Å². The maximum Gasteiger partial charge on any atom is 0.159 e. The van der Waals surface area contributed by atoms with Crippen LogP contribution in [0.15, 0.2) is 179 Å². The van der Waals surface area contributed by atoms with Gasteiger partial charge in [-0.1, -0.05) is 174 Å². The van der Waals surface area contributed by atoms with E-state index >= 15 is 0 Å². The third-order valence-corrected chi connectivity index (χ3v) is 21.1. The molecular formula is C64H58N2O2SSi2. The van der Waals surface area contributed by atoms with Crippen LogP contribution in [0.5, 0.6) is 0 Å². The van der Waals surface area contributed by atoms with Crippen LogP contribution in [-0.2, 0) is 10.8 Å². The van der Waals surface area contributed by atoms with Crippen molar-refractivity contribution in [2.45, 2.75) is 77.8 Å². The average Bonchev–Trinajstić information content (AvgIpc) is 4.14. The number of fused-ring (bicyclic) bond motifs is 13. The highest BCUT2D eigenvalue weighted by Gasteiger charge is 2.48. The molecule has 0 unspecified atom stereocenters. The van der Waals surface area contributed by atoms with Gasteiger partial charge >= 0.3 is 0 Å². The van der Waals surface area contributed by atoms with E-state index in [0.717, 1.165) is 78.0 Å². The van der Waals surface area contributed by atoms with Crippen molar-refractivity contribution in [2.24, 2.45) is 0 Å². The Kier molecular flexibility index (Phi) is 9.50. The number of hydrogen-bond acceptors (Lipinski definition) is 5. The molecule has 71 heavy (non-hydrogen) atoms. The predicted molar refractivity (Wildman–Crippen MR) is 309 cm³/mol. The summed E-state index contributed by atoms with van der Waals surface area (Å²) in [4.78, 5) is 7.64. The third kappa shape index (κ3) is 6.59. The molecule has 3 aromatic heterocycles. The van der Waals surface area contributed by atoms with Gasteiger partial charge in [0.2, 0.25) is 0 Å². The molecule has 0 amide bonds. The van der Waals surface area contributed by atoms with E-state index in [1.807, 2.05) is 11.3 Å². The van der Waals surface area contributed by atoms with Crippen LogP contribution in [0.1, 0.15) is 49.9 Å². The van der Waals surface area contributed by atoms with Gasteiger partial charge in [0.05, 0.1) is 27.5 Å². The van der Waals surface area contributed by atoms with Crippen LogP contribution in [0, 0.1) is 0 Å². The second-order valence-corrected chi connectivity index (χ2v) is 34.2. The topological polar surface area (TPSA) is 32.8 Å². The first-order chi connectivity index (χ1) is 34.0. The zero-order valence-electron chi connectivity index (χ0n) is 42.3. The van der Waals surface area contributed by atoms with E-state index in [9.17, 15) is 0 Å². The van der Waals surface area contributed by atoms with Gasteiger partial charge in [0.1, 0.15) is 11.2 Å². The first-order valence-electron chi connectivity index (χ1n) is 25.1. The van der Waals surface area contributed by atoms with Crippen LogP contribution >= 0.6 is 11.3 Å². The van der Waals surface area contributed by atoms with Crippen molar-refractivity contribution >= 4 is 116 Å². The quantitative estimate of drug-likeness (QED) is 0.142. The number of nitrogens with zero attached hydrogens (tertiary/aromatic N) is 2. The highest BCUT2D eigenvalue weighted by Crippen LogP contribution is 2.64. The number of furan rings is 2. The predicted octanol–water partition coefficient (Wildman–Crippen LogP) is 18.2. The Labute approximate surface area is 422 Å². The lowest BCUT2D eigenvalue weighted by atomic mass is 9.74. The summed E-state index contributed by atoms with van der Waals surface area (Å²) in [6, 6.07) is 63.0. The number of para-hydroxylation sites is 4. The number of rotatable bonds is 8. The lowest BCUT2D eigenvalue weighted by molar-refractivity contribution is 0.603. The van der Waals surface area contributed by atoms with Gasteiger partial charge in [-0.05, 0) is 106 Å². The van der Waals surface area contributed by atoms with E-state index < -0.39 is 16.1 Å². The van der Waals surface area contributed by atoms with E-state index in [1.54, 1.807) is 0 Å². The first kappa shape index (κ1) is 44.1. The van der Waals surface area contributed by atoms with Gasteiger partial charge in [0.15, 0.2) is 11.2 Å². The van der Waals surface area contributed by atoms with Crippen LogP contribution in [-0.4, -0.2) is 16.1 Å². The first-order valence-corrected chi connectivity index (χ1v) is 32.9. The van der Waals surface area contributed by atoms with Crippen molar-refractivity contribution in [3.8, 4) is 20.9 Å². The molecule has 3 heterocycles. The lowest BCUT2D eigenvalue weighted by Gasteiger charge is -2.31. The van der Waals surface area contributed by atoms with Crippen molar-refractivity contribution in [2.75, 3.05) is 9.80 Å². The van der Waals surface area contributed by atoms with Gasteiger partial charge in [-0.2, -0.15) is 0 Å². The lowest BCUT2D eigenvalue weighted by Crippen LogP contribution is -2.37. The van der Waals surface area contributed by atoms with Crippen LogP contribution in [0.2, 0.25) is 39.3 Å². The fourth-order valence-corrected chi connectivity index (χ4v) is 16.0. The van der Waals surface area contributed by atoms with E-state index in [-0.39, 0.29) is 10.8 Å². The molecule has 7 heteroatoms. The summed E-state index contributed by atoms with van der Waals surface area (Å²) in [5, 5.41) is 7.41. The van der Waals surface area contributed by atoms with Crippen molar-refractivity contribution in [1.82, 2.24) is 0 Å². The van der Waals surface area contributed by atoms with E-state index in [4.69, 9.17) is 8.83 Å². The van der Waals surface area contributed by atoms with Crippen LogP contribution in [0.4, 0.5) is 34.1 Å². The summed E-state index contributed by atoms with van der Waals surface area (Å²) in [7, 11) is -3.05. The molecule has 0 radical (unpaired) electrons. The molecule has 4 nitrogen and oxygen atoms in total. The molecule has 0 fully saturated rings. The van der Waals surface area contributed by atoms with E-state index in [0.29, 0.717) is 0 Å². The van der Waals surface area contributed by atoms with Gasteiger partial charge in [-0.3, -0.25) is 0 Å². The zero-order valence-corrected chi connectivity index (χ0v) is 45.1. The SMILES string of the molecule is CC1(C)c2cc(N(c3ccc([Si](C)(C)C)cc3)c3cccc4c3oc3ccccc34)ccc2-c2sc3c(c21)C(C)(C)c1cc(N(c2ccc([Si](C)(C)C)cc2)c2cccc4c2oc2ccccc24)ccc1-3. The minimum absolute atomic E-state index is 0.257. The fourth-order valence-electron chi connectivity index (χ4n) is 11.9. The molecule has 13 rings (SSSR count). The Morgan fingerprint density at radius 2 is 0.761 bits per heavy atom. The van der Waals surface area contributed by atoms with Gasteiger partial charge in [-0.25, -0.2) is 0 Å². The minimum atomic E-state index is -1.53. The highest BCUT2D eigenvalue weighted by molar-refractivity contribution is 7.19. The van der Waals surface area contributed by atoms with Gasteiger partial charge < -0.3 is 18.6 Å². The monoisotopic (exact) mass is 974 g/mol. The summed E-state index contributed by atoms with van der Waals surface area (Å²) in [5.41, 5.74) is 18.0. The highest BCUT2D eigenvalue weighted by atomic mass is 32.1. The molecule has 0 spiro atoms. The largest absolute Gasteiger partial charge is 0.454 e. The zero-order chi connectivity index (χ0) is 48.9. The summed E-state index contributed by atoms with van der Waals surface area (Å²) in [6.07, 6.45) is 0. The Hall–Kier alpha value is -6.91. The van der Waals surface area contributed by atoms with Crippen molar-refractivity contribution in [3.63, 3.8) is 0 Å². The number of benzene rings is 8. The maximum absolute atomic E-state index is 6.74. The molecule has 0 saturated heterocycles. The van der Waals surface area contributed by atoms with Crippen molar-refractivity contribution < 1.29 is 8.83 Å². The molecule has 0 saturated carbocycles.